The zero-order valence-electron chi connectivity index (χ0n) is 15.5. The molecule has 0 saturated carbocycles. The topological polar surface area (TPSA) is 13.1 Å². The van der Waals surface area contributed by atoms with Crippen LogP contribution in [0.2, 0.25) is 0 Å². The van der Waals surface area contributed by atoms with E-state index in [0.717, 1.165) is 12.0 Å². The standard InChI is InChI=1S/C21H25OS.Y/c1-13-15(3)21(23(5)6)16(4)14(2)19(13)11-17-7-8-18-9-10-22-20(18)12-17;/h7-10,12H,11H2,1-6H3;/q+1;. The molecule has 0 aliphatic rings. The molecule has 0 bridgehead atoms. The third-order valence-corrected chi connectivity index (χ3v) is 6.45. The van der Waals surface area contributed by atoms with Crippen molar-refractivity contribution in [2.45, 2.75) is 39.0 Å². The van der Waals surface area contributed by atoms with Gasteiger partial charge in [0, 0.05) is 60.1 Å². The van der Waals surface area contributed by atoms with Crippen LogP contribution >= 0.6 is 0 Å². The van der Waals surface area contributed by atoms with Gasteiger partial charge >= 0.3 is 0 Å². The van der Waals surface area contributed by atoms with E-state index in [1.54, 1.807) is 11.2 Å². The van der Waals surface area contributed by atoms with Gasteiger partial charge in [-0.05, 0) is 68.5 Å². The van der Waals surface area contributed by atoms with E-state index in [-0.39, 0.29) is 32.7 Å². The Morgan fingerprint density at radius 1 is 0.875 bits per heavy atom. The van der Waals surface area contributed by atoms with Gasteiger partial charge in [0.05, 0.1) is 6.26 Å². The minimum atomic E-state index is 0. The van der Waals surface area contributed by atoms with Crippen LogP contribution in [-0.2, 0) is 50.0 Å². The SMILES string of the molecule is Cc1c(C)c([S+](C)C)c(C)c(C)c1Cc1ccc2ccoc2c1.[Y]. The Labute approximate surface area is 173 Å². The Bertz CT molecular complexity index is 848. The second kappa shape index (κ2) is 7.76. The van der Waals surface area contributed by atoms with Crippen molar-refractivity contribution in [3.05, 3.63) is 63.9 Å². The Morgan fingerprint density at radius 2 is 1.50 bits per heavy atom. The monoisotopic (exact) mass is 414 g/mol. The van der Waals surface area contributed by atoms with Gasteiger partial charge in [0.25, 0.3) is 0 Å². The number of rotatable bonds is 3. The molecular formula is C21H25OSY+. The summed E-state index contributed by atoms with van der Waals surface area (Å²) in [4.78, 5) is 1.55. The average Bonchev–Trinajstić information content (AvgIpc) is 2.97. The van der Waals surface area contributed by atoms with E-state index >= 15 is 0 Å². The summed E-state index contributed by atoms with van der Waals surface area (Å²) in [5.74, 6) is 0. The maximum Gasteiger partial charge on any atom is 0.160 e. The van der Waals surface area contributed by atoms with Crippen molar-refractivity contribution in [3.8, 4) is 0 Å². The Kier molecular flexibility index (Phi) is 6.39. The summed E-state index contributed by atoms with van der Waals surface area (Å²) in [6.07, 6.45) is 7.37. The van der Waals surface area contributed by atoms with E-state index in [1.807, 2.05) is 6.07 Å². The normalized spacial score (nSPS) is 11.1. The van der Waals surface area contributed by atoms with E-state index in [2.05, 4.69) is 58.4 Å². The van der Waals surface area contributed by atoms with Crippen LogP contribution in [0.4, 0.5) is 0 Å². The van der Waals surface area contributed by atoms with Gasteiger partial charge in [0.1, 0.15) is 18.1 Å². The van der Waals surface area contributed by atoms with Crippen LogP contribution in [0.1, 0.15) is 33.4 Å². The molecule has 0 amide bonds. The zero-order chi connectivity index (χ0) is 16.7. The Hall–Kier alpha value is -0.566. The van der Waals surface area contributed by atoms with Crippen LogP contribution in [-0.4, -0.2) is 12.5 Å². The van der Waals surface area contributed by atoms with Gasteiger partial charge in [-0.2, -0.15) is 0 Å². The van der Waals surface area contributed by atoms with Gasteiger partial charge < -0.3 is 4.42 Å². The first-order chi connectivity index (χ1) is 10.9. The van der Waals surface area contributed by atoms with Gasteiger partial charge in [0.15, 0.2) is 4.90 Å². The van der Waals surface area contributed by atoms with Crippen molar-refractivity contribution in [1.82, 2.24) is 0 Å². The summed E-state index contributed by atoms with van der Waals surface area (Å²) in [6.45, 7) is 9.12. The van der Waals surface area contributed by atoms with Crippen LogP contribution in [0.25, 0.3) is 11.0 Å². The van der Waals surface area contributed by atoms with Crippen molar-refractivity contribution in [1.29, 1.82) is 0 Å². The van der Waals surface area contributed by atoms with Gasteiger partial charge in [-0.15, -0.1) is 0 Å². The number of hydrogen-bond acceptors (Lipinski definition) is 1. The third-order valence-electron chi connectivity index (χ3n) is 5.02. The first-order valence-corrected chi connectivity index (χ1v) is 10.1. The predicted octanol–water partition coefficient (Wildman–Crippen LogP) is 5.49. The van der Waals surface area contributed by atoms with Crippen LogP contribution < -0.4 is 0 Å². The van der Waals surface area contributed by atoms with Crippen LogP contribution in [0.15, 0.2) is 39.8 Å². The van der Waals surface area contributed by atoms with Crippen molar-refractivity contribution < 1.29 is 37.1 Å². The molecule has 0 fully saturated rings. The molecular weight excluding hydrogens is 389 g/mol. The quantitative estimate of drug-likeness (QED) is 0.517. The average molecular weight is 414 g/mol. The number of furan rings is 1. The largest absolute Gasteiger partial charge is 0.464 e. The molecule has 1 heterocycles. The first-order valence-electron chi connectivity index (χ1n) is 8.03. The molecule has 3 rings (SSSR count). The van der Waals surface area contributed by atoms with Crippen LogP contribution in [0, 0.1) is 27.7 Å². The van der Waals surface area contributed by atoms with E-state index < -0.39 is 0 Å². The Morgan fingerprint density at radius 3 is 2.08 bits per heavy atom. The van der Waals surface area contributed by atoms with E-state index in [9.17, 15) is 0 Å². The first kappa shape index (κ1) is 19.8. The van der Waals surface area contributed by atoms with Gasteiger partial charge in [-0.3, -0.25) is 0 Å². The zero-order valence-corrected chi connectivity index (χ0v) is 19.1. The molecule has 3 aromatic rings. The van der Waals surface area contributed by atoms with Gasteiger partial charge in [-0.1, -0.05) is 12.1 Å². The summed E-state index contributed by atoms with van der Waals surface area (Å²) in [7, 11) is 0.294. The molecule has 1 nitrogen and oxygen atoms in total. The molecule has 0 spiro atoms. The van der Waals surface area contributed by atoms with Gasteiger partial charge in [-0.25, -0.2) is 0 Å². The molecule has 0 atom stereocenters. The summed E-state index contributed by atoms with van der Waals surface area (Å²) in [5, 5.41) is 1.17. The second-order valence-corrected chi connectivity index (χ2v) is 8.63. The molecule has 24 heavy (non-hydrogen) atoms. The number of hydrogen-bond donors (Lipinski definition) is 0. The van der Waals surface area contributed by atoms with E-state index in [4.69, 9.17) is 4.42 Å². The fourth-order valence-electron chi connectivity index (χ4n) is 3.55. The summed E-state index contributed by atoms with van der Waals surface area (Å²) >= 11 is 0. The smallest absolute Gasteiger partial charge is 0.160 e. The summed E-state index contributed by atoms with van der Waals surface area (Å²) < 4.78 is 5.56. The fourth-order valence-corrected chi connectivity index (χ4v) is 5.08. The Balaban J connectivity index is 0.00000208. The molecule has 0 saturated heterocycles. The molecule has 0 aliphatic carbocycles. The fraction of sp³-hybridized carbons (Fsp3) is 0.333. The molecule has 2 aromatic carbocycles. The molecule has 123 valence electrons. The minimum Gasteiger partial charge on any atom is -0.464 e. The van der Waals surface area contributed by atoms with Crippen LogP contribution in [0.5, 0.6) is 0 Å². The number of fused-ring (bicyclic) bond motifs is 1. The van der Waals surface area contributed by atoms with E-state index in [1.165, 1.54) is 38.8 Å². The predicted molar refractivity (Wildman–Crippen MR) is 102 cm³/mol. The third kappa shape index (κ3) is 3.52. The van der Waals surface area contributed by atoms with Crippen molar-refractivity contribution >= 4 is 21.9 Å². The molecule has 3 heteroatoms. The minimum absolute atomic E-state index is 0. The van der Waals surface area contributed by atoms with Crippen molar-refractivity contribution in [2.75, 3.05) is 12.5 Å². The molecule has 0 aliphatic heterocycles. The maximum atomic E-state index is 5.56. The summed E-state index contributed by atoms with van der Waals surface area (Å²) in [5.41, 5.74) is 9.60. The molecule has 1 aromatic heterocycles. The second-order valence-electron chi connectivity index (χ2n) is 6.59. The van der Waals surface area contributed by atoms with Gasteiger partial charge in [0.2, 0.25) is 0 Å². The van der Waals surface area contributed by atoms with Crippen molar-refractivity contribution in [3.63, 3.8) is 0 Å². The molecule has 0 unspecified atom stereocenters. The van der Waals surface area contributed by atoms with E-state index in [0.29, 0.717) is 10.9 Å². The summed E-state index contributed by atoms with van der Waals surface area (Å²) in [6, 6.07) is 8.57. The molecule has 1 radical (unpaired) electrons. The number of benzene rings is 2. The molecule has 0 N–H and O–H groups in total. The maximum absolute atomic E-state index is 5.56. The van der Waals surface area contributed by atoms with Crippen molar-refractivity contribution in [2.24, 2.45) is 0 Å². The van der Waals surface area contributed by atoms with Crippen LogP contribution in [0.3, 0.4) is 0 Å².